The lowest BCUT2D eigenvalue weighted by molar-refractivity contribution is 0.0939. The fourth-order valence-corrected chi connectivity index (χ4v) is 4.72. The Morgan fingerprint density at radius 3 is 1.70 bits per heavy atom. The minimum Gasteiger partial charge on any atom is -0.292 e. The lowest BCUT2D eigenvalue weighted by Crippen LogP contribution is -2.50. The molecule has 1 aliphatic rings. The maximum absolute atomic E-state index is 13.3. The second-order valence-corrected chi connectivity index (χ2v) is 7.80. The highest BCUT2D eigenvalue weighted by Gasteiger charge is 2.45. The molecule has 4 aromatic rings. The van der Waals surface area contributed by atoms with Gasteiger partial charge in [-0.2, -0.15) is 0 Å². The number of carbonyl (C=O) groups excluding carboxylic acids is 1. The second-order valence-electron chi connectivity index (χ2n) is 7.80. The largest absolute Gasteiger partial charge is 0.292 e. The fraction of sp³-hybridized carbons (Fsp3) is 0.107. The molecule has 0 aliphatic heterocycles. The molecule has 0 heterocycles. The molecule has 0 aromatic heterocycles. The first kappa shape index (κ1) is 18.5. The van der Waals surface area contributed by atoms with Crippen LogP contribution in [0.2, 0.25) is 0 Å². The van der Waals surface area contributed by atoms with Crippen LogP contribution in [0.1, 0.15) is 34.0 Å². The molecular weight excluding hydrogens is 366 g/mol. The van der Waals surface area contributed by atoms with E-state index in [2.05, 4.69) is 78.1 Å². The zero-order chi connectivity index (χ0) is 20.6. The molecule has 2 heteroatoms. The van der Waals surface area contributed by atoms with Crippen LogP contribution in [0.5, 0.6) is 0 Å². The lowest BCUT2D eigenvalue weighted by Gasteiger charge is -2.36. The van der Waals surface area contributed by atoms with Crippen molar-refractivity contribution < 1.29 is 4.79 Å². The summed E-state index contributed by atoms with van der Waals surface area (Å²) < 4.78 is 0. The van der Waals surface area contributed by atoms with Crippen molar-refractivity contribution in [2.24, 2.45) is 0 Å². The minimum absolute atomic E-state index is 0.0905. The molecule has 0 spiro atoms. The molecular formula is C28H23NO. The summed E-state index contributed by atoms with van der Waals surface area (Å²) in [5, 5.41) is 3.77. The number of nitrogens with one attached hydrogen (secondary N) is 1. The molecule has 2 nitrogen and oxygen atoms in total. The van der Waals surface area contributed by atoms with Crippen LogP contribution in [-0.2, 0) is 5.54 Å². The zero-order valence-electron chi connectivity index (χ0n) is 16.9. The van der Waals surface area contributed by atoms with Gasteiger partial charge in [-0.25, -0.2) is 0 Å². The molecule has 0 bridgehead atoms. The van der Waals surface area contributed by atoms with Crippen LogP contribution in [0.4, 0.5) is 0 Å². The quantitative estimate of drug-likeness (QED) is 0.436. The van der Waals surface area contributed by atoms with Gasteiger partial charge in [0, 0.05) is 5.56 Å². The Balaban J connectivity index is 1.70. The molecule has 1 atom stereocenters. The highest BCUT2D eigenvalue weighted by atomic mass is 16.1. The summed E-state index contributed by atoms with van der Waals surface area (Å²) >= 11 is 0. The number of rotatable bonds is 5. The van der Waals surface area contributed by atoms with Gasteiger partial charge in [-0.3, -0.25) is 10.1 Å². The molecule has 1 aliphatic carbocycles. The summed E-state index contributed by atoms with van der Waals surface area (Å²) in [6.07, 6.45) is 0. The molecule has 0 fully saturated rings. The van der Waals surface area contributed by atoms with Crippen molar-refractivity contribution in [3.05, 3.63) is 131 Å². The number of benzene rings is 4. The van der Waals surface area contributed by atoms with Crippen LogP contribution in [0.3, 0.4) is 0 Å². The number of carbonyl (C=O) groups is 1. The Bertz CT molecular complexity index is 1150. The van der Waals surface area contributed by atoms with Crippen molar-refractivity contribution in [3.63, 3.8) is 0 Å². The van der Waals surface area contributed by atoms with E-state index in [-0.39, 0.29) is 11.8 Å². The van der Waals surface area contributed by atoms with E-state index >= 15 is 0 Å². The van der Waals surface area contributed by atoms with Gasteiger partial charge in [0.05, 0.1) is 11.6 Å². The minimum atomic E-state index is -0.585. The van der Waals surface area contributed by atoms with Crippen LogP contribution < -0.4 is 5.32 Å². The summed E-state index contributed by atoms with van der Waals surface area (Å²) in [7, 11) is 0. The van der Waals surface area contributed by atoms with Crippen molar-refractivity contribution in [1.29, 1.82) is 0 Å². The molecule has 4 aromatic carbocycles. The number of hydrogen-bond donors (Lipinski definition) is 1. The first-order chi connectivity index (χ1) is 14.7. The maximum atomic E-state index is 13.3. The molecule has 30 heavy (non-hydrogen) atoms. The van der Waals surface area contributed by atoms with Crippen LogP contribution >= 0.6 is 0 Å². The highest BCUT2D eigenvalue weighted by molar-refractivity contribution is 6.00. The third kappa shape index (κ3) is 2.80. The summed E-state index contributed by atoms with van der Waals surface area (Å²) in [5.41, 5.74) is 6.07. The molecule has 0 saturated carbocycles. The highest BCUT2D eigenvalue weighted by Crippen LogP contribution is 2.51. The third-order valence-corrected chi connectivity index (χ3v) is 6.04. The third-order valence-electron chi connectivity index (χ3n) is 6.04. The maximum Gasteiger partial charge on any atom is 0.179 e. The topological polar surface area (TPSA) is 29.1 Å². The molecule has 0 unspecified atom stereocenters. The van der Waals surface area contributed by atoms with Crippen LogP contribution in [0, 0.1) is 0 Å². The van der Waals surface area contributed by atoms with Crippen LogP contribution in [0.15, 0.2) is 109 Å². The Kier molecular flexibility index (Phi) is 4.57. The van der Waals surface area contributed by atoms with E-state index in [9.17, 15) is 4.79 Å². The van der Waals surface area contributed by atoms with Crippen molar-refractivity contribution in [3.8, 4) is 11.1 Å². The van der Waals surface area contributed by atoms with E-state index in [1.165, 1.54) is 22.3 Å². The smallest absolute Gasteiger partial charge is 0.179 e. The van der Waals surface area contributed by atoms with Crippen LogP contribution in [-0.4, -0.2) is 11.8 Å². The Morgan fingerprint density at radius 2 is 1.13 bits per heavy atom. The predicted molar refractivity (Wildman–Crippen MR) is 122 cm³/mol. The average Bonchev–Trinajstić information content (AvgIpc) is 3.11. The number of fused-ring (bicyclic) bond motifs is 3. The van der Waals surface area contributed by atoms with Gasteiger partial charge >= 0.3 is 0 Å². The Hall–Kier alpha value is -3.49. The number of hydrogen-bond acceptors (Lipinski definition) is 2. The molecule has 146 valence electrons. The number of Topliss-reactive ketones (excluding diaryl/α,β-unsaturated/α-hetero) is 1. The van der Waals surface area contributed by atoms with E-state index in [1.54, 1.807) is 0 Å². The second kappa shape index (κ2) is 7.40. The monoisotopic (exact) mass is 389 g/mol. The molecule has 0 saturated heterocycles. The van der Waals surface area contributed by atoms with Gasteiger partial charge < -0.3 is 0 Å². The van der Waals surface area contributed by atoms with Gasteiger partial charge in [-0.15, -0.1) is 0 Å². The van der Waals surface area contributed by atoms with Crippen molar-refractivity contribution in [1.82, 2.24) is 5.32 Å². The summed E-state index contributed by atoms with van der Waals surface area (Å²) in [6.45, 7) is 1.96. The summed E-state index contributed by atoms with van der Waals surface area (Å²) in [5.74, 6) is 0.0905. The molecule has 0 radical (unpaired) electrons. The van der Waals surface area contributed by atoms with Gasteiger partial charge in [0.2, 0.25) is 0 Å². The van der Waals surface area contributed by atoms with Gasteiger partial charge in [0.25, 0.3) is 0 Å². The first-order valence-electron chi connectivity index (χ1n) is 10.3. The lowest BCUT2D eigenvalue weighted by atomic mass is 9.79. The van der Waals surface area contributed by atoms with E-state index in [0.717, 1.165) is 11.1 Å². The molecule has 5 rings (SSSR count). The van der Waals surface area contributed by atoms with Crippen molar-refractivity contribution in [2.75, 3.05) is 0 Å². The van der Waals surface area contributed by atoms with E-state index < -0.39 is 5.54 Å². The Labute approximate surface area is 177 Å². The zero-order valence-corrected chi connectivity index (χ0v) is 16.9. The van der Waals surface area contributed by atoms with Gasteiger partial charge in [-0.05, 0) is 34.7 Å². The van der Waals surface area contributed by atoms with Gasteiger partial charge in [0.1, 0.15) is 0 Å². The molecule has 0 amide bonds. The van der Waals surface area contributed by atoms with E-state index in [0.29, 0.717) is 0 Å². The van der Waals surface area contributed by atoms with Crippen molar-refractivity contribution >= 4 is 5.78 Å². The van der Waals surface area contributed by atoms with E-state index in [4.69, 9.17) is 0 Å². The van der Waals surface area contributed by atoms with Gasteiger partial charge in [0.15, 0.2) is 5.78 Å². The van der Waals surface area contributed by atoms with E-state index in [1.807, 2.05) is 43.3 Å². The van der Waals surface area contributed by atoms with Crippen molar-refractivity contribution in [2.45, 2.75) is 18.5 Å². The summed E-state index contributed by atoms with van der Waals surface area (Å²) in [4.78, 5) is 13.3. The average molecular weight is 389 g/mol. The number of ketones is 1. The first-order valence-corrected chi connectivity index (χ1v) is 10.3. The fourth-order valence-electron chi connectivity index (χ4n) is 4.72. The van der Waals surface area contributed by atoms with Gasteiger partial charge in [-0.1, -0.05) is 109 Å². The van der Waals surface area contributed by atoms with Crippen LogP contribution in [0.25, 0.3) is 11.1 Å². The molecule has 1 N–H and O–H groups in total. The SMILES string of the molecule is C[C@H](NC1(c2ccccc2)c2ccccc2-c2ccccc21)C(=O)c1ccccc1. The standard InChI is InChI=1S/C28H23NO/c1-20(27(30)21-12-4-2-5-13-21)29-28(22-14-6-3-7-15-22)25-18-10-8-16-23(25)24-17-9-11-19-26(24)28/h2-20,29H,1H3/t20-/m0/s1. The normalized spacial score (nSPS) is 14.6. The predicted octanol–water partition coefficient (Wildman–Crippen LogP) is 5.82. The Morgan fingerprint density at radius 1 is 0.667 bits per heavy atom. The summed E-state index contributed by atoms with van der Waals surface area (Å²) in [6, 6.07) is 36.6.